The fourth-order valence-electron chi connectivity index (χ4n) is 3.26. The van der Waals surface area contributed by atoms with Crippen LogP contribution in [0.1, 0.15) is 27.0 Å². The number of hydrogen-bond donors (Lipinski definition) is 1. The summed E-state index contributed by atoms with van der Waals surface area (Å²) in [5.74, 6) is -1.42. The Kier molecular flexibility index (Phi) is 7.21. The molecule has 0 aliphatic heterocycles. The van der Waals surface area contributed by atoms with Crippen molar-refractivity contribution in [1.29, 1.82) is 0 Å². The molecule has 0 atom stereocenters. The number of ether oxygens (including phenoxy) is 1. The molecule has 0 radical (unpaired) electrons. The lowest BCUT2D eigenvalue weighted by Gasteiger charge is -2.23. The summed E-state index contributed by atoms with van der Waals surface area (Å²) < 4.78 is 68.1. The monoisotopic (exact) mass is 492 g/mol. The summed E-state index contributed by atoms with van der Waals surface area (Å²) >= 11 is 0. The first kappa shape index (κ1) is 25.1. The summed E-state index contributed by atoms with van der Waals surface area (Å²) in [6, 6.07) is 16.7. The summed E-state index contributed by atoms with van der Waals surface area (Å²) in [7, 11) is -3.62. The first-order valence-electron chi connectivity index (χ1n) is 10.1. The Bertz CT molecular complexity index is 1310. The molecule has 3 rings (SSSR count). The van der Waals surface area contributed by atoms with Crippen molar-refractivity contribution in [3.63, 3.8) is 0 Å². The molecule has 6 nitrogen and oxygen atoms in total. The van der Waals surface area contributed by atoms with Crippen molar-refractivity contribution in [2.75, 3.05) is 15.9 Å². The molecule has 1 N–H and O–H groups in total. The van der Waals surface area contributed by atoms with E-state index >= 15 is 0 Å². The van der Waals surface area contributed by atoms with E-state index in [2.05, 4.69) is 10.1 Å². The van der Waals surface area contributed by atoms with E-state index in [9.17, 15) is 26.4 Å². The number of anilines is 2. The zero-order valence-electron chi connectivity index (χ0n) is 18.7. The van der Waals surface area contributed by atoms with E-state index in [0.717, 1.165) is 23.4 Å². The number of alkyl halides is 3. The molecule has 10 heteroatoms. The van der Waals surface area contributed by atoms with E-state index in [1.165, 1.54) is 22.5 Å². The number of para-hydroxylation sites is 1. The summed E-state index contributed by atoms with van der Waals surface area (Å²) in [5.41, 5.74) is 3.03. The number of aryl methyl sites for hydroxylation is 2. The van der Waals surface area contributed by atoms with E-state index in [4.69, 9.17) is 0 Å². The normalized spacial score (nSPS) is 11.7. The summed E-state index contributed by atoms with van der Waals surface area (Å²) in [6.07, 6.45) is -3.84. The Morgan fingerprint density at radius 1 is 0.971 bits per heavy atom. The summed E-state index contributed by atoms with van der Waals surface area (Å²) in [5, 5.41) is 2.54. The first-order chi connectivity index (χ1) is 15.8. The van der Waals surface area contributed by atoms with Gasteiger partial charge in [0.25, 0.3) is 5.91 Å². The van der Waals surface area contributed by atoms with Crippen LogP contribution in [0.3, 0.4) is 0 Å². The minimum absolute atomic E-state index is 0.00117. The number of rotatable bonds is 7. The second-order valence-corrected chi connectivity index (χ2v) is 9.64. The SMILES string of the molecule is Cc1ccc(N(Cc2cccc(NC(=O)c3ccccc3OC(F)(F)F)c2)S(C)(=O)=O)cc1C. The minimum Gasteiger partial charge on any atom is -0.405 e. The Morgan fingerprint density at radius 3 is 2.32 bits per heavy atom. The van der Waals surface area contributed by atoms with Gasteiger partial charge in [-0.3, -0.25) is 9.10 Å². The van der Waals surface area contributed by atoms with Gasteiger partial charge in [-0.25, -0.2) is 8.42 Å². The second-order valence-electron chi connectivity index (χ2n) is 7.74. The van der Waals surface area contributed by atoms with Crippen molar-refractivity contribution >= 4 is 27.3 Å². The van der Waals surface area contributed by atoms with Gasteiger partial charge in [0.2, 0.25) is 10.0 Å². The highest BCUT2D eigenvalue weighted by Gasteiger charge is 2.32. The van der Waals surface area contributed by atoms with Crippen LogP contribution >= 0.6 is 0 Å². The van der Waals surface area contributed by atoms with Crippen LogP contribution in [0.4, 0.5) is 24.5 Å². The van der Waals surface area contributed by atoms with E-state index in [-0.39, 0.29) is 17.8 Å². The largest absolute Gasteiger partial charge is 0.573 e. The van der Waals surface area contributed by atoms with Gasteiger partial charge in [0, 0.05) is 5.69 Å². The first-order valence-corrected chi connectivity index (χ1v) is 12.0. The highest BCUT2D eigenvalue weighted by Crippen LogP contribution is 2.28. The fourth-order valence-corrected chi connectivity index (χ4v) is 4.14. The van der Waals surface area contributed by atoms with Gasteiger partial charge in [0.05, 0.1) is 24.1 Å². The van der Waals surface area contributed by atoms with Gasteiger partial charge in [-0.2, -0.15) is 0 Å². The van der Waals surface area contributed by atoms with Crippen LogP contribution in [-0.2, 0) is 16.6 Å². The maximum Gasteiger partial charge on any atom is 0.573 e. The summed E-state index contributed by atoms with van der Waals surface area (Å²) in [4.78, 5) is 12.6. The number of benzene rings is 3. The third kappa shape index (κ3) is 6.50. The quantitative estimate of drug-likeness (QED) is 0.478. The predicted octanol–water partition coefficient (Wildman–Crippen LogP) is 5.42. The van der Waals surface area contributed by atoms with E-state index in [1.54, 1.807) is 36.4 Å². The predicted molar refractivity (Wildman–Crippen MR) is 124 cm³/mol. The van der Waals surface area contributed by atoms with Gasteiger partial charge in [0.1, 0.15) is 5.75 Å². The Labute approximate surface area is 196 Å². The number of halogens is 3. The molecule has 0 aromatic heterocycles. The topological polar surface area (TPSA) is 75.7 Å². The molecule has 0 saturated heterocycles. The Morgan fingerprint density at radius 2 is 1.68 bits per heavy atom. The Balaban J connectivity index is 1.85. The van der Waals surface area contributed by atoms with E-state index < -0.39 is 28.0 Å². The third-order valence-corrected chi connectivity index (χ3v) is 6.19. The highest BCUT2D eigenvalue weighted by molar-refractivity contribution is 7.92. The van der Waals surface area contributed by atoms with Crippen LogP contribution < -0.4 is 14.4 Å². The lowest BCUT2D eigenvalue weighted by molar-refractivity contribution is -0.274. The highest BCUT2D eigenvalue weighted by atomic mass is 32.2. The zero-order chi connectivity index (χ0) is 25.1. The number of sulfonamides is 1. The average molecular weight is 493 g/mol. The molecule has 0 aliphatic rings. The van der Waals surface area contributed by atoms with Gasteiger partial charge in [-0.1, -0.05) is 30.3 Å². The molecule has 3 aromatic carbocycles. The van der Waals surface area contributed by atoms with Crippen LogP contribution in [0.2, 0.25) is 0 Å². The number of hydrogen-bond acceptors (Lipinski definition) is 4. The molecule has 0 unspecified atom stereocenters. The molecule has 1 amide bonds. The van der Waals surface area contributed by atoms with Gasteiger partial charge < -0.3 is 10.1 Å². The van der Waals surface area contributed by atoms with Gasteiger partial charge >= 0.3 is 6.36 Å². The fraction of sp³-hybridized carbons (Fsp3) is 0.208. The van der Waals surface area contributed by atoms with Crippen molar-refractivity contribution in [1.82, 2.24) is 0 Å². The minimum atomic E-state index is -4.94. The maximum atomic E-state index is 12.7. The van der Waals surface area contributed by atoms with Crippen molar-refractivity contribution in [2.45, 2.75) is 26.8 Å². The third-order valence-electron chi connectivity index (χ3n) is 5.05. The molecule has 0 aliphatic carbocycles. The molecular formula is C24H23F3N2O4S. The molecule has 0 fully saturated rings. The van der Waals surface area contributed by atoms with E-state index in [0.29, 0.717) is 11.3 Å². The molecule has 180 valence electrons. The average Bonchev–Trinajstić information content (AvgIpc) is 2.73. The molecular weight excluding hydrogens is 469 g/mol. The number of amides is 1. The standard InChI is InChI=1S/C24H23F3N2O4S/c1-16-11-12-20(13-17(16)2)29(34(3,31)32)15-18-7-6-8-19(14-18)28-23(30)21-9-4-5-10-22(21)33-24(25,26)27/h4-14H,15H2,1-3H3,(H,28,30). The van der Waals surface area contributed by atoms with Crippen molar-refractivity contribution in [3.8, 4) is 5.75 Å². The maximum absolute atomic E-state index is 12.7. The van der Waals surface area contributed by atoms with Crippen LogP contribution in [0.25, 0.3) is 0 Å². The lowest BCUT2D eigenvalue weighted by Crippen LogP contribution is -2.29. The smallest absolute Gasteiger partial charge is 0.405 e. The number of carbonyl (C=O) groups is 1. The lowest BCUT2D eigenvalue weighted by atomic mass is 10.1. The Hall–Kier alpha value is -3.53. The number of nitrogens with zero attached hydrogens (tertiary/aromatic N) is 1. The molecule has 0 spiro atoms. The molecule has 3 aromatic rings. The number of nitrogens with one attached hydrogen (secondary N) is 1. The second kappa shape index (κ2) is 9.76. The van der Waals surface area contributed by atoms with Crippen LogP contribution in [0, 0.1) is 13.8 Å². The van der Waals surface area contributed by atoms with Crippen LogP contribution in [0.15, 0.2) is 66.7 Å². The van der Waals surface area contributed by atoms with Crippen LogP contribution in [0.5, 0.6) is 5.75 Å². The zero-order valence-corrected chi connectivity index (χ0v) is 19.5. The van der Waals surface area contributed by atoms with Gasteiger partial charge in [-0.15, -0.1) is 13.2 Å². The van der Waals surface area contributed by atoms with Crippen molar-refractivity contribution < 1.29 is 31.1 Å². The summed E-state index contributed by atoms with van der Waals surface area (Å²) in [6.45, 7) is 3.81. The van der Waals surface area contributed by atoms with Crippen molar-refractivity contribution in [3.05, 3.63) is 89.0 Å². The molecule has 0 bridgehead atoms. The van der Waals surface area contributed by atoms with Gasteiger partial charge in [-0.05, 0) is 66.9 Å². The van der Waals surface area contributed by atoms with E-state index in [1.807, 2.05) is 19.9 Å². The molecule has 0 heterocycles. The molecule has 34 heavy (non-hydrogen) atoms. The van der Waals surface area contributed by atoms with Gasteiger partial charge in [0.15, 0.2) is 0 Å². The number of carbonyl (C=O) groups excluding carboxylic acids is 1. The molecule has 0 saturated carbocycles. The van der Waals surface area contributed by atoms with Crippen molar-refractivity contribution in [2.24, 2.45) is 0 Å². The van der Waals surface area contributed by atoms with Crippen LogP contribution in [-0.4, -0.2) is 26.9 Å².